The average molecular weight is 359 g/mol. The Morgan fingerprint density at radius 2 is 1.81 bits per heavy atom. The lowest BCUT2D eigenvalue weighted by molar-refractivity contribution is -0.136. The zero-order chi connectivity index (χ0) is 18.7. The fourth-order valence-corrected chi connectivity index (χ4v) is 2.54. The summed E-state index contributed by atoms with van der Waals surface area (Å²) >= 11 is 0. The quantitative estimate of drug-likeness (QED) is 0.521. The number of anilines is 1. The van der Waals surface area contributed by atoms with Gasteiger partial charge >= 0.3 is 6.18 Å². The minimum absolute atomic E-state index is 0.109. The molecule has 0 aliphatic rings. The smallest absolute Gasteiger partial charge is 0.418 e. The van der Waals surface area contributed by atoms with E-state index >= 15 is 0 Å². The van der Waals surface area contributed by atoms with Gasteiger partial charge < -0.3 is 4.74 Å². The van der Waals surface area contributed by atoms with Crippen LogP contribution < -0.4 is 10.2 Å². The Labute approximate surface area is 148 Å². The Balaban J connectivity index is 1.93. The number of alkyl halides is 3. The molecule has 0 bridgehead atoms. The summed E-state index contributed by atoms with van der Waals surface area (Å²) in [5, 5.41) is 4.63. The first kappa shape index (κ1) is 17.7. The summed E-state index contributed by atoms with van der Waals surface area (Å²) < 4.78 is 44.6. The molecule has 0 amide bonds. The van der Waals surface area contributed by atoms with E-state index in [1.54, 1.807) is 26.2 Å². The van der Waals surface area contributed by atoms with Crippen molar-refractivity contribution in [2.75, 3.05) is 12.5 Å². The second-order valence-corrected chi connectivity index (χ2v) is 5.60. The van der Waals surface area contributed by atoms with Crippen LogP contribution in [0.2, 0.25) is 0 Å². The molecule has 0 aliphatic heterocycles. The fourth-order valence-electron chi connectivity index (χ4n) is 2.54. The van der Waals surface area contributed by atoms with Crippen LogP contribution in [0.5, 0.6) is 5.75 Å². The molecule has 0 atom stereocenters. The van der Waals surface area contributed by atoms with E-state index in [2.05, 4.69) is 15.5 Å². The Hall–Kier alpha value is -3.09. The lowest BCUT2D eigenvalue weighted by Crippen LogP contribution is -2.07. The number of hydrogen-bond donors (Lipinski definition) is 1. The summed E-state index contributed by atoms with van der Waals surface area (Å²) in [7, 11) is 1.58. The highest BCUT2D eigenvalue weighted by Gasteiger charge is 2.33. The lowest BCUT2D eigenvalue weighted by atomic mass is 10.1. The zero-order valence-corrected chi connectivity index (χ0v) is 14.1. The molecule has 1 heterocycles. The number of hydrazone groups is 1. The Morgan fingerprint density at radius 3 is 2.46 bits per heavy atom. The van der Waals surface area contributed by atoms with Crippen molar-refractivity contribution in [3.05, 3.63) is 65.9 Å². The highest BCUT2D eigenvalue weighted by Crippen LogP contribution is 2.35. The number of aromatic nitrogens is 1. The maximum absolute atomic E-state index is 13.1. The topological polar surface area (TPSA) is 46.5 Å². The van der Waals surface area contributed by atoms with Gasteiger partial charge in [0, 0.05) is 11.6 Å². The van der Waals surface area contributed by atoms with E-state index in [1.807, 2.05) is 24.3 Å². The number of pyridine rings is 1. The molecule has 0 saturated heterocycles. The van der Waals surface area contributed by atoms with E-state index in [-0.39, 0.29) is 5.52 Å². The van der Waals surface area contributed by atoms with Crippen LogP contribution in [0, 0.1) is 0 Å². The van der Waals surface area contributed by atoms with Crippen molar-refractivity contribution in [3.63, 3.8) is 0 Å². The lowest BCUT2D eigenvalue weighted by Gasteiger charge is -2.12. The Morgan fingerprint density at radius 1 is 1.08 bits per heavy atom. The molecule has 0 aliphatic carbocycles. The van der Waals surface area contributed by atoms with Gasteiger partial charge in [-0.15, -0.1) is 0 Å². The van der Waals surface area contributed by atoms with Crippen molar-refractivity contribution in [3.8, 4) is 5.75 Å². The standard InChI is InChI=1S/C19H16F3N3O/c1-12(13-6-8-14(26-2)9-7-13)24-25-17-10-11-23-18-15(17)4-3-5-16(18)19(20,21)22/h3-11H,1-2H3,(H,23,25)/b24-12+. The first-order valence-electron chi connectivity index (χ1n) is 7.80. The second-order valence-electron chi connectivity index (χ2n) is 5.60. The van der Waals surface area contributed by atoms with Gasteiger partial charge in [0.25, 0.3) is 0 Å². The molecule has 0 spiro atoms. The molecule has 0 radical (unpaired) electrons. The minimum atomic E-state index is -4.46. The number of para-hydroxylation sites is 1. The van der Waals surface area contributed by atoms with Gasteiger partial charge in [-0.2, -0.15) is 18.3 Å². The van der Waals surface area contributed by atoms with Crippen molar-refractivity contribution >= 4 is 22.3 Å². The van der Waals surface area contributed by atoms with Crippen molar-refractivity contribution in [1.82, 2.24) is 4.98 Å². The third-order valence-corrected chi connectivity index (χ3v) is 3.93. The molecule has 1 aromatic heterocycles. The third kappa shape index (κ3) is 3.61. The van der Waals surface area contributed by atoms with Gasteiger partial charge in [-0.3, -0.25) is 10.4 Å². The van der Waals surface area contributed by atoms with Gasteiger partial charge in [0.15, 0.2) is 0 Å². The van der Waals surface area contributed by atoms with Gasteiger partial charge in [-0.05, 0) is 48.9 Å². The van der Waals surface area contributed by atoms with E-state index < -0.39 is 11.7 Å². The molecule has 134 valence electrons. The van der Waals surface area contributed by atoms with Gasteiger partial charge in [0.1, 0.15) is 5.75 Å². The van der Waals surface area contributed by atoms with Crippen LogP contribution in [0.3, 0.4) is 0 Å². The maximum Gasteiger partial charge on any atom is 0.418 e. The van der Waals surface area contributed by atoms with Crippen molar-refractivity contribution < 1.29 is 17.9 Å². The van der Waals surface area contributed by atoms with Crippen molar-refractivity contribution in [1.29, 1.82) is 0 Å². The summed E-state index contributed by atoms with van der Waals surface area (Å²) in [6.07, 6.45) is -3.13. The number of halogens is 3. The number of fused-ring (bicyclic) bond motifs is 1. The highest BCUT2D eigenvalue weighted by atomic mass is 19.4. The van der Waals surface area contributed by atoms with Gasteiger partial charge in [-0.1, -0.05) is 12.1 Å². The molecule has 0 fully saturated rings. The molecule has 3 aromatic rings. The normalized spacial score (nSPS) is 12.3. The molecule has 1 N–H and O–H groups in total. The highest BCUT2D eigenvalue weighted by molar-refractivity contribution is 6.00. The van der Waals surface area contributed by atoms with E-state index in [0.29, 0.717) is 16.8 Å². The summed E-state index contributed by atoms with van der Waals surface area (Å²) in [4.78, 5) is 3.89. The molecule has 26 heavy (non-hydrogen) atoms. The summed E-state index contributed by atoms with van der Waals surface area (Å²) in [6, 6.07) is 12.9. The average Bonchev–Trinajstić information content (AvgIpc) is 2.64. The van der Waals surface area contributed by atoms with Crippen LogP contribution >= 0.6 is 0 Å². The molecular formula is C19H16F3N3O. The monoisotopic (exact) mass is 359 g/mol. The van der Waals surface area contributed by atoms with Crippen LogP contribution in [0.1, 0.15) is 18.1 Å². The molecule has 2 aromatic carbocycles. The van der Waals surface area contributed by atoms with Crippen LogP contribution in [-0.2, 0) is 6.18 Å². The van der Waals surface area contributed by atoms with Gasteiger partial charge in [0.2, 0.25) is 0 Å². The van der Waals surface area contributed by atoms with E-state index in [1.165, 1.54) is 12.3 Å². The number of methoxy groups -OCH3 is 1. The SMILES string of the molecule is COc1ccc(/C(C)=N/Nc2ccnc3c(C(F)(F)F)cccc23)cc1. The van der Waals surface area contributed by atoms with Crippen LogP contribution in [0.25, 0.3) is 10.9 Å². The van der Waals surface area contributed by atoms with Gasteiger partial charge in [0.05, 0.1) is 29.6 Å². The summed E-state index contributed by atoms with van der Waals surface area (Å²) in [5.74, 6) is 0.731. The molecule has 3 rings (SSSR count). The minimum Gasteiger partial charge on any atom is -0.497 e. The van der Waals surface area contributed by atoms with E-state index in [9.17, 15) is 13.2 Å². The number of nitrogens with one attached hydrogen (secondary N) is 1. The van der Waals surface area contributed by atoms with E-state index in [4.69, 9.17) is 4.74 Å². The molecular weight excluding hydrogens is 343 g/mol. The molecule has 0 saturated carbocycles. The van der Waals surface area contributed by atoms with Crippen molar-refractivity contribution in [2.24, 2.45) is 5.10 Å². The maximum atomic E-state index is 13.1. The third-order valence-electron chi connectivity index (χ3n) is 3.93. The van der Waals surface area contributed by atoms with Gasteiger partial charge in [-0.25, -0.2) is 0 Å². The number of benzene rings is 2. The zero-order valence-electron chi connectivity index (χ0n) is 14.1. The number of rotatable bonds is 4. The molecule has 7 heteroatoms. The number of ether oxygens (including phenoxy) is 1. The number of nitrogens with zero attached hydrogens (tertiary/aromatic N) is 2. The summed E-state index contributed by atoms with van der Waals surface area (Å²) in [5.41, 5.74) is 3.97. The molecule has 4 nitrogen and oxygen atoms in total. The predicted octanol–water partition coefficient (Wildman–Crippen LogP) is 5.10. The first-order chi connectivity index (χ1) is 12.4. The predicted molar refractivity (Wildman–Crippen MR) is 95.6 cm³/mol. The first-order valence-corrected chi connectivity index (χ1v) is 7.80. The van der Waals surface area contributed by atoms with Crippen LogP contribution in [0.15, 0.2) is 59.8 Å². The Kier molecular flexibility index (Phi) is 4.79. The largest absolute Gasteiger partial charge is 0.497 e. The molecule has 0 unspecified atom stereocenters. The Bertz CT molecular complexity index is 950. The number of hydrogen-bond acceptors (Lipinski definition) is 4. The second kappa shape index (κ2) is 7.03. The fraction of sp³-hybridized carbons (Fsp3) is 0.158. The van der Waals surface area contributed by atoms with Crippen LogP contribution in [-0.4, -0.2) is 17.8 Å². The van der Waals surface area contributed by atoms with Crippen LogP contribution in [0.4, 0.5) is 18.9 Å². The summed E-state index contributed by atoms with van der Waals surface area (Å²) in [6.45, 7) is 1.80. The van der Waals surface area contributed by atoms with Crippen molar-refractivity contribution in [2.45, 2.75) is 13.1 Å². The van der Waals surface area contributed by atoms with E-state index in [0.717, 1.165) is 17.4 Å².